The number of Topliss-reactive ketones (excluding diaryl/α,β-unsaturated/α-hetero) is 1. The second-order valence-corrected chi connectivity index (χ2v) is 4.20. The van der Waals surface area contributed by atoms with Gasteiger partial charge in [0.25, 0.3) is 0 Å². The van der Waals surface area contributed by atoms with Crippen LogP contribution in [-0.4, -0.2) is 24.3 Å². The molecule has 1 saturated heterocycles. The van der Waals surface area contributed by atoms with Gasteiger partial charge in [0.05, 0.1) is 6.04 Å². The Kier molecular flexibility index (Phi) is 3.42. The molecule has 4 nitrogen and oxygen atoms in total. The monoisotopic (exact) mass is 233 g/mol. The van der Waals surface area contributed by atoms with E-state index in [1.54, 1.807) is 18.2 Å². The van der Waals surface area contributed by atoms with Crippen molar-refractivity contribution in [2.24, 2.45) is 0 Å². The molecule has 0 aliphatic carbocycles. The van der Waals surface area contributed by atoms with E-state index in [-0.39, 0.29) is 17.7 Å². The summed E-state index contributed by atoms with van der Waals surface area (Å²) in [6.07, 6.45) is 1.38. The van der Waals surface area contributed by atoms with Crippen molar-refractivity contribution in [1.82, 2.24) is 5.32 Å². The summed E-state index contributed by atoms with van der Waals surface area (Å²) in [6.45, 7) is 1.98. The van der Waals surface area contributed by atoms with E-state index in [1.165, 1.54) is 6.92 Å². The normalized spacial score (nSPS) is 18.9. The van der Waals surface area contributed by atoms with E-state index in [4.69, 9.17) is 4.74 Å². The second kappa shape index (κ2) is 4.99. The molecule has 2 rings (SSSR count). The first kappa shape index (κ1) is 11.6. The van der Waals surface area contributed by atoms with Crippen LogP contribution in [0.25, 0.3) is 0 Å². The van der Waals surface area contributed by atoms with Gasteiger partial charge in [0, 0.05) is 12.0 Å². The lowest BCUT2D eigenvalue weighted by atomic mass is 10.1. The summed E-state index contributed by atoms with van der Waals surface area (Å²) in [5.41, 5.74) is 0.637. The zero-order valence-electron chi connectivity index (χ0n) is 9.73. The van der Waals surface area contributed by atoms with E-state index >= 15 is 0 Å². The van der Waals surface area contributed by atoms with Crippen LogP contribution < -0.4 is 10.1 Å². The first-order valence-electron chi connectivity index (χ1n) is 5.68. The van der Waals surface area contributed by atoms with Gasteiger partial charge in [-0.2, -0.15) is 0 Å². The van der Waals surface area contributed by atoms with Gasteiger partial charge in [-0.15, -0.1) is 0 Å². The maximum absolute atomic E-state index is 11.2. The van der Waals surface area contributed by atoms with Gasteiger partial charge in [0.2, 0.25) is 5.91 Å². The number of ether oxygens (including phenoxy) is 1. The Labute approximate surface area is 100.0 Å². The van der Waals surface area contributed by atoms with Crippen molar-refractivity contribution in [3.63, 3.8) is 0 Å². The van der Waals surface area contributed by atoms with Crippen LogP contribution in [0.15, 0.2) is 24.3 Å². The molecule has 1 aliphatic rings. The van der Waals surface area contributed by atoms with Crippen molar-refractivity contribution in [3.05, 3.63) is 29.8 Å². The molecule has 1 unspecified atom stereocenters. The summed E-state index contributed by atoms with van der Waals surface area (Å²) in [7, 11) is 0. The molecule has 1 amide bonds. The molecule has 0 saturated carbocycles. The number of rotatable bonds is 4. The van der Waals surface area contributed by atoms with Gasteiger partial charge in [0.1, 0.15) is 12.4 Å². The number of nitrogens with one attached hydrogen (secondary N) is 1. The van der Waals surface area contributed by atoms with Crippen molar-refractivity contribution in [2.75, 3.05) is 6.61 Å². The predicted molar refractivity (Wildman–Crippen MR) is 63.1 cm³/mol. The number of ketones is 1. The fourth-order valence-electron chi connectivity index (χ4n) is 1.80. The van der Waals surface area contributed by atoms with Crippen LogP contribution in [0.5, 0.6) is 5.75 Å². The van der Waals surface area contributed by atoms with E-state index in [9.17, 15) is 9.59 Å². The molecule has 0 radical (unpaired) electrons. The van der Waals surface area contributed by atoms with Crippen LogP contribution in [0.1, 0.15) is 30.1 Å². The molecular weight excluding hydrogens is 218 g/mol. The Bertz CT molecular complexity index is 442. The number of carbonyl (C=O) groups excluding carboxylic acids is 2. The minimum absolute atomic E-state index is 0.0182. The first-order valence-corrected chi connectivity index (χ1v) is 5.68. The summed E-state index contributed by atoms with van der Waals surface area (Å²) in [4.78, 5) is 22.2. The van der Waals surface area contributed by atoms with E-state index < -0.39 is 0 Å². The standard InChI is InChI=1S/C13H15NO3/c1-9(15)10-3-2-4-12(7-10)17-8-11-5-6-13(16)14-11/h2-4,7,11H,5-6,8H2,1H3,(H,14,16). The number of hydrogen-bond donors (Lipinski definition) is 1. The van der Waals surface area contributed by atoms with Gasteiger partial charge in [-0.1, -0.05) is 12.1 Å². The van der Waals surface area contributed by atoms with Gasteiger partial charge >= 0.3 is 0 Å². The molecule has 90 valence electrons. The molecule has 0 bridgehead atoms. The fraction of sp³-hybridized carbons (Fsp3) is 0.385. The summed E-state index contributed by atoms with van der Waals surface area (Å²) in [5, 5.41) is 2.83. The lowest BCUT2D eigenvalue weighted by Gasteiger charge is -2.12. The molecule has 17 heavy (non-hydrogen) atoms. The van der Waals surface area contributed by atoms with Crippen LogP contribution in [-0.2, 0) is 4.79 Å². The molecule has 4 heteroatoms. The second-order valence-electron chi connectivity index (χ2n) is 4.20. The summed E-state index contributed by atoms with van der Waals surface area (Å²) >= 11 is 0. The molecule has 1 N–H and O–H groups in total. The highest BCUT2D eigenvalue weighted by molar-refractivity contribution is 5.94. The highest BCUT2D eigenvalue weighted by Crippen LogP contribution is 2.15. The Morgan fingerprint density at radius 1 is 1.53 bits per heavy atom. The number of hydrogen-bond acceptors (Lipinski definition) is 3. The molecule has 1 heterocycles. The topological polar surface area (TPSA) is 55.4 Å². The smallest absolute Gasteiger partial charge is 0.220 e. The van der Waals surface area contributed by atoms with Crippen molar-refractivity contribution < 1.29 is 14.3 Å². The van der Waals surface area contributed by atoms with Crippen LogP contribution in [0.3, 0.4) is 0 Å². The first-order chi connectivity index (χ1) is 8.15. The van der Waals surface area contributed by atoms with E-state index in [0.717, 1.165) is 6.42 Å². The molecule has 0 aromatic heterocycles. The quantitative estimate of drug-likeness (QED) is 0.803. The van der Waals surface area contributed by atoms with Crippen molar-refractivity contribution in [2.45, 2.75) is 25.8 Å². The largest absolute Gasteiger partial charge is 0.491 e. The van der Waals surface area contributed by atoms with Gasteiger partial charge in [-0.3, -0.25) is 9.59 Å². The summed E-state index contributed by atoms with van der Waals surface area (Å²) < 4.78 is 5.56. The van der Waals surface area contributed by atoms with Gasteiger partial charge < -0.3 is 10.1 Å². The lowest BCUT2D eigenvalue weighted by molar-refractivity contribution is -0.119. The van der Waals surface area contributed by atoms with Gasteiger partial charge in [-0.05, 0) is 25.5 Å². The van der Waals surface area contributed by atoms with Crippen molar-refractivity contribution >= 4 is 11.7 Å². The third-order valence-electron chi connectivity index (χ3n) is 2.78. The van der Waals surface area contributed by atoms with Crippen LogP contribution in [0.2, 0.25) is 0 Å². The fourth-order valence-corrected chi connectivity index (χ4v) is 1.80. The molecule has 1 aliphatic heterocycles. The summed E-state index contributed by atoms with van der Waals surface area (Å²) in [5.74, 6) is 0.763. The lowest BCUT2D eigenvalue weighted by Crippen LogP contribution is -2.30. The van der Waals surface area contributed by atoms with Gasteiger partial charge in [0.15, 0.2) is 5.78 Å². The minimum atomic E-state index is 0.0182. The number of carbonyl (C=O) groups is 2. The molecule has 0 spiro atoms. The SMILES string of the molecule is CC(=O)c1cccc(OCC2CCC(=O)N2)c1. The molecule has 1 aromatic carbocycles. The van der Waals surface area contributed by atoms with Crippen LogP contribution in [0, 0.1) is 0 Å². The van der Waals surface area contributed by atoms with Crippen LogP contribution >= 0.6 is 0 Å². The average molecular weight is 233 g/mol. The Morgan fingerprint density at radius 2 is 2.35 bits per heavy atom. The summed E-state index contributed by atoms with van der Waals surface area (Å²) in [6, 6.07) is 7.16. The van der Waals surface area contributed by atoms with Gasteiger partial charge in [-0.25, -0.2) is 0 Å². The molecule has 1 atom stereocenters. The van der Waals surface area contributed by atoms with Crippen LogP contribution in [0.4, 0.5) is 0 Å². The molecule has 1 aromatic rings. The highest BCUT2D eigenvalue weighted by Gasteiger charge is 2.20. The minimum Gasteiger partial charge on any atom is -0.491 e. The third kappa shape index (κ3) is 3.06. The zero-order valence-corrected chi connectivity index (χ0v) is 9.73. The molecular formula is C13H15NO3. The maximum atomic E-state index is 11.2. The number of amides is 1. The zero-order chi connectivity index (χ0) is 12.3. The highest BCUT2D eigenvalue weighted by atomic mass is 16.5. The Hall–Kier alpha value is -1.84. The molecule has 1 fully saturated rings. The third-order valence-corrected chi connectivity index (χ3v) is 2.78. The number of benzene rings is 1. The Balaban J connectivity index is 1.92. The average Bonchev–Trinajstić information content (AvgIpc) is 2.73. The van der Waals surface area contributed by atoms with E-state index in [0.29, 0.717) is 24.3 Å². The van der Waals surface area contributed by atoms with Crippen molar-refractivity contribution in [3.8, 4) is 5.75 Å². The Morgan fingerprint density at radius 3 is 3.00 bits per heavy atom. The van der Waals surface area contributed by atoms with E-state index in [2.05, 4.69) is 5.32 Å². The van der Waals surface area contributed by atoms with Crippen molar-refractivity contribution in [1.29, 1.82) is 0 Å². The van der Waals surface area contributed by atoms with E-state index in [1.807, 2.05) is 6.07 Å². The maximum Gasteiger partial charge on any atom is 0.220 e. The predicted octanol–water partition coefficient (Wildman–Crippen LogP) is 1.55.